The first-order chi connectivity index (χ1) is 9.20. The average molecular weight is 255 g/mol. The van der Waals surface area contributed by atoms with Crippen LogP contribution in [0.15, 0.2) is 30.5 Å². The van der Waals surface area contributed by atoms with Gasteiger partial charge in [-0.3, -0.25) is 4.79 Å². The van der Waals surface area contributed by atoms with Crippen molar-refractivity contribution in [1.29, 1.82) is 5.26 Å². The van der Waals surface area contributed by atoms with Gasteiger partial charge in [-0.05, 0) is 29.5 Å². The summed E-state index contributed by atoms with van der Waals surface area (Å²) in [6, 6.07) is 8.45. The summed E-state index contributed by atoms with van der Waals surface area (Å²) in [5.74, 6) is -0.296. The van der Waals surface area contributed by atoms with Gasteiger partial charge in [-0.1, -0.05) is 0 Å². The summed E-state index contributed by atoms with van der Waals surface area (Å²) in [5, 5.41) is 24.9. The average Bonchev–Trinajstić information content (AvgIpc) is 2.94. The molecule has 0 radical (unpaired) electrons. The number of carbonyl (C=O) groups is 1. The maximum atomic E-state index is 10.9. The number of nitrogens with two attached hydrogens (primary N) is 1. The van der Waals surface area contributed by atoms with Crippen molar-refractivity contribution < 1.29 is 4.79 Å². The Labute approximate surface area is 107 Å². The van der Waals surface area contributed by atoms with Crippen molar-refractivity contribution in [3.8, 4) is 6.07 Å². The number of tetrazole rings is 1. The third-order valence-corrected chi connectivity index (χ3v) is 2.26. The van der Waals surface area contributed by atoms with Crippen LogP contribution in [0.5, 0.6) is 0 Å². The largest absolute Gasteiger partial charge is 0.366 e. The van der Waals surface area contributed by atoms with E-state index in [2.05, 4.69) is 25.9 Å². The Morgan fingerprint density at radius 3 is 2.68 bits per heavy atom. The maximum absolute atomic E-state index is 10.9. The van der Waals surface area contributed by atoms with E-state index in [0.29, 0.717) is 11.3 Å². The monoisotopic (exact) mass is 255 g/mol. The van der Waals surface area contributed by atoms with E-state index in [-0.39, 0.29) is 11.4 Å². The number of allylic oxidation sites excluding steroid dienone is 1. The zero-order chi connectivity index (χ0) is 13.7. The van der Waals surface area contributed by atoms with Crippen LogP contribution in [0.3, 0.4) is 0 Å². The van der Waals surface area contributed by atoms with Crippen LogP contribution in [0.2, 0.25) is 0 Å². The summed E-state index contributed by atoms with van der Waals surface area (Å²) in [6.45, 7) is 0. The summed E-state index contributed by atoms with van der Waals surface area (Å²) >= 11 is 0. The predicted octanol–water partition coefficient (Wildman–Crippen LogP) is 0.275. The van der Waals surface area contributed by atoms with E-state index >= 15 is 0 Å². The van der Waals surface area contributed by atoms with Gasteiger partial charge in [-0.25, -0.2) is 0 Å². The van der Waals surface area contributed by atoms with E-state index in [4.69, 9.17) is 11.0 Å². The van der Waals surface area contributed by atoms with Crippen LogP contribution in [0.4, 0.5) is 5.69 Å². The topological polar surface area (TPSA) is 133 Å². The number of amides is 1. The number of nitrogens with one attached hydrogen (secondary N) is 2. The molecule has 1 heterocycles. The number of rotatable bonds is 4. The van der Waals surface area contributed by atoms with Crippen molar-refractivity contribution in [2.45, 2.75) is 0 Å². The molecular formula is C11H9N7O. The van der Waals surface area contributed by atoms with Gasteiger partial charge in [0, 0.05) is 17.5 Å². The van der Waals surface area contributed by atoms with Crippen molar-refractivity contribution in [2.75, 3.05) is 5.32 Å². The Morgan fingerprint density at radius 1 is 1.42 bits per heavy atom. The summed E-state index contributed by atoms with van der Waals surface area (Å²) in [6.07, 6.45) is 1.45. The summed E-state index contributed by atoms with van der Waals surface area (Å²) in [7, 11) is 0. The molecule has 0 spiro atoms. The molecule has 2 aromatic rings. The minimum atomic E-state index is -0.494. The zero-order valence-corrected chi connectivity index (χ0v) is 9.66. The molecule has 0 aliphatic heterocycles. The lowest BCUT2D eigenvalue weighted by Gasteiger charge is -2.01. The second-order valence-electron chi connectivity index (χ2n) is 3.49. The number of carbonyl (C=O) groups excluding carboxylic acids is 1. The first-order valence-electron chi connectivity index (χ1n) is 5.21. The van der Waals surface area contributed by atoms with Crippen molar-refractivity contribution in [3.63, 3.8) is 0 Å². The first kappa shape index (κ1) is 12.3. The van der Waals surface area contributed by atoms with Gasteiger partial charge < -0.3 is 11.1 Å². The fourth-order valence-corrected chi connectivity index (χ4v) is 1.31. The second kappa shape index (κ2) is 5.42. The lowest BCUT2D eigenvalue weighted by Crippen LogP contribution is -2.10. The Kier molecular flexibility index (Phi) is 3.49. The van der Waals surface area contributed by atoms with Gasteiger partial charge in [0.15, 0.2) is 0 Å². The van der Waals surface area contributed by atoms with Gasteiger partial charge in [0.2, 0.25) is 11.7 Å². The molecule has 0 bridgehead atoms. The number of aromatic nitrogens is 4. The van der Waals surface area contributed by atoms with Gasteiger partial charge in [0.25, 0.3) is 0 Å². The van der Waals surface area contributed by atoms with E-state index in [9.17, 15) is 4.79 Å². The highest BCUT2D eigenvalue weighted by Crippen LogP contribution is 2.11. The van der Waals surface area contributed by atoms with Crippen molar-refractivity contribution >= 4 is 17.2 Å². The highest BCUT2D eigenvalue weighted by Gasteiger charge is 2.05. The number of anilines is 1. The molecule has 94 valence electrons. The number of nitrogens with zero attached hydrogens (tertiary/aromatic N) is 4. The van der Waals surface area contributed by atoms with Crippen LogP contribution in [0, 0.1) is 11.3 Å². The molecule has 2 rings (SSSR count). The molecule has 0 fully saturated rings. The molecular weight excluding hydrogens is 246 g/mol. The summed E-state index contributed by atoms with van der Waals surface area (Å²) in [5.41, 5.74) is 6.47. The normalized spacial score (nSPS) is 10.8. The van der Waals surface area contributed by atoms with Crippen molar-refractivity contribution in [1.82, 2.24) is 20.6 Å². The van der Waals surface area contributed by atoms with E-state index in [1.807, 2.05) is 6.07 Å². The number of H-pyrrole nitrogens is 1. The van der Waals surface area contributed by atoms with Crippen LogP contribution in [-0.4, -0.2) is 26.5 Å². The SMILES string of the molecule is N#CC(=CNc1ccc(C(N)=O)cc1)c1nn[nH]n1. The number of hydrogen-bond acceptors (Lipinski definition) is 6. The number of nitriles is 1. The molecule has 0 saturated carbocycles. The summed E-state index contributed by atoms with van der Waals surface area (Å²) in [4.78, 5) is 10.9. The Hall–Kier alpha value is -3.21. The first-order valence-corrected chi connectivity index (χ1v) is 5.21. The molecule has 8 nitrogen and oxygen atoms in total. The van der Waals surface area contributed by atoms with Gasteiger partial charge in [-0.2, -0.15) is 10.5 Å². The van der Waals surface area contributed by atoms with Crippen LogP contribution >= 0.6 is 0 Å². The highest BCUT2D eigenvalue weighted by atomic mass is 16.1. The highest BCUT2D eigenvalue weighted by molar-refractivity contribution is 5.93. The van der Waals surface area contributed by atoms with E-state index < -0.39 is 5.91 Å². The van der Waals surface area contributed by atoms with E-state index in [1.54, 1.807) is 24.3 Å². The van der Waals surface area contributed by atoms with Crippen molar-refractivity contribution in [3.05, 3.63) is 41.9 Å². The van der Waals surface area contributed by atoms with E-state index in [1.165, 1.54) is 6.20 Å². The quantitative estimate of drug-likeness (QED) is 0.671. The Bertz CT molecular complexity index is 637. The number of primary amides is 1. The van der Waals surface area contributed by atoms with Crippen LogP contribution in [-0.2, 0) is 0 Å². The molecule has 4 N–H and O–H groups in total. The fourth-order valence-electron chi connectivity index (χ4n) is 1.31. The molecule has 1 amide bonds. The molecule has 1 aromatic heterocycles. The molecule has 0 saturated heterocycles. The second-order valence-corrected chi connectivity index (χ2v) is 3.49. The van der Waals surface area contributed by atoms with Crippen molar-refractivity contribution in [2.24, 2.45) is 5.73 Å². The third-order valence-electron chi connectivity index (χ3n) is 2.26. The van der Waals surface area contributed by atoms with Gasteiger partial charge in [0.05, 0.1) is 0 Å². The van der Waals surface area contributed by atoms with Crippen LogP contribution in [0.25, 0.3) is 5.57 Å². The number of aromatic amines is 1. The molecule has 19 heavy (non-hydrogen) atoms. The molecule has 0 aliphatic rings. The zero-order valence-electron chi connectivity index (χ0n) is 9.66. The Balaban J connectivity index is 2.13. The Morgan fingerprint density at radius 2 is 2.16 bits per heavy atom. The molecule has 0 aliphatic carbocycles. The van der Waals surface area contributed by atoms with Gasteiger partial charge in [0.1, 0.15) is 11.6 Å². The molecule has 0 unspecified atom stereocenters. The summed E-state index contributed by atoms with van der Waals surface area (Å²) < 4.78 is 0. The third kappa shape index (κ3) is 2.92. The predicted molar refractivity (Wildman–Crippen MR) is 66.4 cm³/mol. The van der Waals surface area contributed by atoms with Crippen LogP contribution in [0.1, 0.15) is 16.2 Å². The molecule has 1 aromatic carbocycles. The number of benzene rings is 1. The minimum Gasteiger partial charge on any atom is -0.366 e. The lowest BCUT2D eigenvalue weighted by molar-refractivity contribution is 0.100. The standard InChI is InChI=1S/C11H9N7O/c12-5-8(11-15-17-18-16-11)6-14-9-3-1-7(2-4-9)10(13)19/h1-4,6,14H,(H2,13,19)(H,15,16,17,18). The molecule has 8 heteroatoms. The van der Waals surface area contributed by atoms with E-state index in [0.717, 1.165) is 0 Å². The smallest absolute Gasteiger partial charge is 0.248 e. The number of hydrogen-bond donors (Lipinski definition) is 3. The molecule has 0 atom stereocenters. The lowest BCUT2D eigenvalue weighted by atomic mass is 10.2. The van der Waals surface area contributed by atoms with Gasteiger partial charge >= 0.3 is 0 Å². The van der Waals surface area contributed by atoms with Gasteiger partial charge in [-0.15, -0.1) is 10.2 Å². The maximum Gasteiger partial charge on any atom is 0.248 e. The fraction of sp³-hybridized carbons (Fsp3) is 0. The van der Waals surface area contributed by atoms with Crippen LogP contribution < -0.4 is 11.1 Å². The minimum absolute atomic E-state index is 0.198.